The summed E-state index contributed by atoms with van der Waals surface area (Å²) < 4.78 is 0. The molecule has 1 aromatic rings. The number of piperidine rings is 1. The molecule has 0 saturated carbocycles. The van der Waals surface area contributed by atoms with Crippen molar-refractivity contribution in [2.24, 2.45) is 5.92 Å². The molecule has 0 spiro atoms. The Labute approximate surface area is 107 Å². The third-order valence-electron chi connectivity index (χ3n) is 3.58. The van der Waals surface area contributed by atoms with E-state index < -0.39 is 0 Å². The molecule has 2 heterocycles. The lowest BCUT2D eigenvalue weighted by molar-refractivity contribution is 0.0545. The number of pyridine rings is 1. The van der Waals surface area contributed by atoms with Crippen LogP contribution in [0.1, 0.15) is 37.2 Å². The molecule has 4 heteroatoms. The molecule has 0 aromatic carbocycles. The Hall–Kier alpha value is -1.09. The van der Waals surface area contributed by atoms with Gasteiger partial charge in [-0.2, -0.15) is 0 Å². The first kappa shape index (κ1) is 12.4. The summed E-state index contributed by atoms with van der Waals surface area (Å²) >= 11 is 5.88. The van der Waals surface area contributed by atoms with Gasteiger partial charge in [0.2, 0.25) is 0 Å². The second-order valence-corrected chi connectivity index (χ2v) is 5.15. The van der Waals surface area contributed by atoms with E-state index in [0.29, 0.717) is 16.6 Å². The average molecular weight is 253 g/mol. The predicted octanol–water partition coefficient (Wildman–Crippen LogP) is 3.00. The normalized spacial score (nSPS) is 24.8. The highest BCUT2D eigenvalue weighted by Crippen LogP contribution is 2.24. The highest BCUT2D eigenvalue weighted by Gasteiger charge is 2.29. The lowest BCUT2D eigenvalue weighted by Gasteiger charge is -2.37. The molecule has 2 rings (SSSR count). The van der Waals surface area contributed by atoms with E-state index in [2.05, 4.69) is 18.8 Å². The van der Waals surface area contributed by atoms with Crippen LogP contribution >= 0.6 is 11.6 Å². The largest absolute Gasteiger partial charge is 0.334 e. The summed E-state index contributed by atoms with van der Waals surface area (Å²) in [6.45, 7) is 5.11. The first-order chi connectivity index (χ1) is 8.09. The van der Waals surface area contributed by atoms with Gasteiger partial charge in [-0.3, -0.25) is 9.78 Å². The molecule has 3 nitrogen and oxygen atoms in total. The molecule has 1 fully saturated rings. The minimum Gasteiger partial charge on any atom is -0.334 e. The van der Waals surface area contributed by atoms with Gasteiger partial charge in [-0.25, -0.2) is 0 Å². The van der Waals surface area contributed by atoms with Gasteiger partial charge in [-0.1, -0.05) is 18.5 Å². The molecule has 1 saturated heterocycles. The van der Waals surface area contributed by atoms with Crippen LogP contribution < -0.4 is 0 Å². The quantitative estimate of drug-likeness (QED) is 0.770. The number of hydrogen-bond donors (Lipinski definition) is 0. The standard InChI is InChI=1S/C13H17ClN2O/c1-9-4-3-7-16(10(9)2)13(17)12-8-11(14)5-6-15-12/h5-6,8-10H,3-4,7H2,1-2H3. The third-order valence-corrected chi connectivity index (χ3v) is 3.81. The molecule has 1 aromatic heterocycles. The molecule has 2 atom stereocenters. The Bertz CT molecular complexity index is 422. The van der Waals surface area contributed by atoms with E-state index in [1.54, 1.807) is 18.3 Å². The highest BCUT2D eigenvalue weighted by molar-refractivity contribution is 6.30. The van der Waals surface area contributed by atoms with Gasteiger partial charge in [0.1, 0.15) is 5.69 Å². The number of carbonyl (C=O) groups excluding carboxylic acids is 1. The first-order valence-corrected chi connectivity index (χ1v) is 6.40. The maximum atomic E-state index is 12.3. The van der Waals surface area contributed by atoms with E-state index >= 15 is 0 Å². The number of hydrogen-bond acceptors (Lipinski definition) is 2. The lowest BCUT2D eigenvalue weighted by Crippen LogP contribution is -2.46. The Balaban J connectivity index is 2.19. The predicted molar refractivity (Wildman–Crippen MR) is 68.1 cm³/mol. The topological polar surface area (TPSA) is 33.2 Å². The van der Waals surface area contributed by atoms with Crippen LogP contribution in [0.2, 0.25) is 5.02 Å². The molecular weight excluding hydrogens is 236 g/mol. The molecule has 0 radical (unpaired) electrons. The van der Waals surface area contributed by atoms with Crippen molar-refractivity contribution in [3.05, 3.63) is 29.0 Å². The van der Waals surface area contributed by atoms with E-state index in [1.165, 1.54) is 6.42 Å². The Morgan fingerprint density at radius 1 is 1.53 bits per heavy atom. The van der Waals surface area contributed by atoms with Crippen LogP contribution in [-0.2, 0) is 0 Å². The Morgan fingerprint density at radius 2 is 2.29 bits per heavy atom. The van der Waals surface area contributed by atoms with Gasteiger partial charge < -0.3 is 4.90 Å². The Morgan fingerprint density at radius 3 is 3.00 bits per heavy atom. The lowest BCUT2D eigenvalue weighted by atomic mass is 9.92. The molecule has 1 aliphatic rings. The van der Waals surface area contributed by atoms with Crippen molar-refractivity contribution in [1.29, 1.82) is 0 Å². The van der Waals surface area contributed by atoms with Crippen LogP contribution in [-0.4, -0.2) is 28.4 Å². The molecule has 1 aliphatic heterocycles. The van der Waals surface area contributed by atoms with Gasteiger partial charge in [0.05, 0.1) is 0 Å². The van der Waals surface area contributed by atoms with Crippen molar-refractivity contribution < 1.29 is 4.79 Å². The van der Waals surface area contributed by atoms with Crippen molar-refractivity contribution in [2.75, 3.05) is 6.54 Å². The molecule has 0 aliphatic carbocycles. The average Bonchev–Trinajstić information content (AvgIpc) is 2.32. The molecule has 0 N–H and O–H groups in total. The Kier molecular flexibility index (Phi) is 3.67. The number of halogens is 1. The van der Waals surface area contributed by atoms with E-state index in [0.717, 1.165) is 13.0 Å². The van der Waals surface area contributed by atoms with Crippen molar-refractivity contribution in [1.82, 2.24) is 9.88 Å². The van der Waals surface area contributed by atoms with Gasteiger partial charge >= 0.3 is 0 Å². The van der Waals surface area contributed by atoms with Crippen LogP contribution in [0.3, 0.4) is 0 Å². The van der Waals surface area contributed by atoms with E-state index in [9.17, 15) is 4.79 Å². The van der Waals surface area contributed by atoms with Crippen LogP contribution in [0.25, 0.3) is 0 Å². The molecule has 2 unspecified atom stereocenters. The van der Waals surface area contributed by atoms with Crippen molar-refractivity contribution in [3.8, 4) is 0 Å². The van der Waals surface area contributed by atoms with Gasteiger partial charge in [-0.05, 0) is 37.8 Å². The molecule has 92 valence electrons. The number of likely N-dealkylation sites (tertiary alicyclic amines) is 1. The summed E-state index contributed by atoms with van der Waals surface area (Å²) in [5, 5.41) is 0.557. The van der Waals surface area contributed by atoms with Crippen LogP contribution in [0.4, 0.5) is 0 Å². The maximum Gasteiger partial charge on any atom is 0.272 e. The zero-order chi connectivity index (χ0) is 12.4. The van der Waals surface area contributed by atoms with Gasteiger partial charge in [0.15, 0.2) is 0 Å². The first-order valence-electron chi connectivity index (χ1n) is 6.02. The smallest absolute Gasteiger partial charge is 0.272 e. The van der Waals surface area contributed by atoms with E-state index in [-0.39, 0.29) is 11.9 Å². The summed E-state index contributed by atoms with van der Waals surface area (Å²) in [4.78, 5) is 18.3. The van der Waals surface area contributed by atoms with E-state index in [1.807, 2.05) is 4.90 Å². The fourth-order valence-electron chi connectivity index (χ4n) is 2.29. The van der Waals surface area contributed by atoms with Gasteiger partial charge in [0.25, 0.3) is 5.91 Å². The van der Waals surface area contributed by atoms with Crippen molar-refractivity contribution in [2.45, 2.75) is 32.7 Å². The summed E-state index contributed by atoms with van der Waals surface area (Å²) in [6, 6.07) is 3.59. The molecular formula is C13H17ClN2O. The molecule has 17 heavy (non-hydrogen) atoms. The minimum atomic E-state index is -0.00782. The zero-order valence-corrected chi connectivity index (χ0v) is 10.9. The summed E-state index contributed by atoms with van der Waals surface area (Å²) in [5.74, 6) is 0.540. The van der Waals surface area contributed by atoms with Gasteiger partial charge in [0, 0.05) is 23.8 Å². The summed E-state index contributed by atoms with van der Waals surface area (Å²) in [7, 11) is 0. The highest BCUT2D eigenvalue weighted by atomic mass is 35.5. The van der Waals surface area contributed by atoms with E-state index in [4.69, 9.17) is 11.6 Å². The van der Waals surface area contributed by atoms with Crippen molar-refractivity contribution in [3.63, 3.8) is 0 Å². The zero-order valence-electron chi connectivity index (χ0n) is 10.2. The van der Waals surface area contributed by atoms with Crippen LogP contribution in [0.5, 0.6) is 0 Å². The summed E-state index contributed by atoms with van der Waals surface area (Å²) in [5.41, 5.74) is 0.443. The number of rotatable bonds is 1. The fourth-order valence-corrected chi connectivity index (χ4v) is 2.45. The number of amides is 1. The molecule has 0 bridgehead atoms. The number of nitrogens with zero attached hydrogens (tertiary/aromatic N) is 2. The third kappa shape index (κ3) is 2.60. The number of aromatic nitrogens is 1. The van der Waals surface area contributed by atoms with Crippen LogP contribution in [0.15, 0.2) is 18.3 Å². The minimum absolute atomic E-state index is 0.00782. The van der Waals surface area contributed by atoms with Crippen LogP contribution in [0, 0.1) is 5.92 Å². The second kappa shape index (κ2) is 5.05. The molecule has 1 amide bonds. The van der Waals surface area contributed by atoms with Crippen molar-refractivity contribution >= 4 is 17.5 Å². The SMILES string of the molecule is CC1CCCN(C(=O)c2cc(Cl)ccn2)C1C. The second-order valence-electron chi connectivity index (χ2n) is 4.72. The summed E-state index contributed by atoms with van der Waals surface area (Å²) in [6.07, 6.45) is 3.83. The van der Waals surface area contributed by atoms with Gasteiger partial charge in [-0.15, -0.1) is 0 Å². The monoisotopic (exact) mass is 252 g/mol. The maximum absolute atomic E-state index is 12.3. The number of carbonyl (C=O) groups is 1. The fraction of sp³-hybridized carbons (Fsp3) is 0.538.